The number of nitrogens with zero attached hydrogens (tertiary/aromatic N) is 1. The second-order valence-electron chi connectivity index (χ2n) is 3.87. The summed E-state index contributed by atoms with van der Waals surface area (Å²) in [6.07, 6.45) is 0. The van der Waals surface area contributed by atoms with Crippen LogP contribution in [0.3, 0.4) is 0 Å². The van der Waals surface area contributed by atoms with Gasteiger partial charge in [0, 0.05) is 11.3 Å². The van der Waals surface area contributed by atoms with Gasteiger partial charge in [-0.3, -0.25) is 4.79 Å². The molecule has 0 unspecified atom stereocenters. The highest BCUT2D eigenvalue weighted by molar-refractivity contribution is 5.92. The van der Waals surface area contributed by atoms with Crippen LogP contribution in [0.5, 0.6) is 0 Å². The van der Waals surface area contributed by atoms with Crippen molar-refractivity contribution in [1.29, 1.82) is 0 Å². The van der Waals surface area contributed by atoms with Gasteiger partial charge in [0.05, 0.1) is 13.1 Å². The molecule has 0 aliphatic heterocycles. The molecular formula is C13H17N3O. The number of nitrogens with two attached hydrogens (primary N) is 1. The van der Waals surface area contributed by atoms with Gasteiger partial charge >= 0.3 is 0 Å². The molecule has 0 fully saturated rings. The number of rotatable bonds is 3. The number of hydrogen-bond acceptors (Lipinski definition) is 3. The van der Waals surface area contributed by atoms with E-state index in [-0.39, 0.29) is 5.91 Å². The maximum Gasteiger partial charge on any atom is 0.238 e. The zero-order valence-electron chi connectivity index (χ0n) is 10.2. The van der Waals surface area contributed by atoms with Crippen molar-refractivity contribution in [3.63, 3.8) is 0 Å². The fraction of sp³-hybridized carbons (Fsp3) is 0.308. The number of nitrogens with one attached hydrogen (secondary N) is 1. The van der Waals surface area contributed by atoms with Crippen LogP contribution in [-0.2, 0) is 4.79 Å². The molecule has 17 heavy (non-hydrogen) atoms. The average molecular weight is 231 g/mol. The summed E-state index contributed by atoms with van der Waals surface area (Å²) < 4.78 is 0. The Morgan fingerprint density at radius 2 is 2.00 bits per heavy atom. The second kappa shape index (κ2) is 6.69. The van der Waals surface area contributed by atoms with Crippen LogP contribution in [0.4, 0.5) is 5.69 Å². The summed E-state index contributed by atoms with van der Waals surface area (Å²) in [5, 5.41) is 2.80. The van der Waals surface area contributed by atoms with Gasteiger partial charge in [-0.2, -0.15) is 0 Å². The smallest absolute Gasteiger partial charge is 0.238 e. The quantitative estimate of drug-likeness (QED) is 0.745. The topological polar surface area (TPSA) is 58.4 Å². The minimum Gasteiger partial charge on any atom is -0.325 e. The van der Waals surface area contributed by atoms with Gasteiger partial charge in [-0.25, -0.2) is 0 Å². The van der Waals surface area contributed by atoms with E-state index >= 15 is 0 Å². The number of likely N-dealkylation sites (N-methyl/N-ethyl adjacent to an activating group) is 1. The minimum absolute atomic E-state index is 0.0317. The van der Waals surface area contributed by atoms with Gasteiger partial charge in [-0.15, -0.1) is 0 Å². The largest absolute Gasteiger partial charge is 0.325 e. The van der Waals surface area contributed by atoms with Gasteiger partial charge < -0.3 is 16.0 Å². The lowest BCUT2D eigenvalue weighted by molar-refractivity contribution is -0.116. The fourth-order valence-corrected chi connectivity index (χ4v) is 1.28. The molecule has 0 atom stereocenters. The Hall–Kier alpha value is -1.83. The van der Waals surface area contributed by atoms with Gasteiger partial charge in [-0.05, 0) is 38.4 Å². The van der Waals surface area contributed by atoms with E-state index in [9.17, 15) is 4.79 Å². The molecular weight excluding hydrogens is 214 g/mol. The second-order valence-corrected chi connectivity index (χ2v) is 3.87. The molecule has 1 amide bonds. The first-order valence-corrected chi connectivity index (χ1v) is 5.35. The maximum atomic E-state index is 11.5. The van der Waals surface area contributed by atoms with Crippen LogP contribution in [0.2, 0.25) is 0 Å². The monoisotopic (exact) mass is 231 g/mol. The molecule has 4 heteroatoms. The molecule has 0 bridgehead atoms. The van der Waals surface area contributed by atoms with Crippen LogP contribution in [-0.4, -0.2) is 38.0 Å². The van der Waals surface area contributed by atoms with Crippen molar-refractivity contribution < 1.29 is 4.79 Å². The van der Waals surface area contributed by atoms with E-state index in [4.69, 9.17) is 5.73 Å². The van der Waals surface area contributed by atoms with E-state index in [1.165, 1.54) is 0 Å². The molecule has 0 radical (unpaired) electrons. The molecule has 0 saturated heterocycles. The Labute approximate surface area is 102 Å². The van der Waals surface area contributed by atoms with Gasteiger partial charge in [0.2, 0.25) is 5.91 Å². The Morgan fingerprint density at radius 1 is 1.35 bits per heavy atom. The lowest BCUT2D eigenvalue weighted by atomic mass is 10.2. The maximum absolute atomic E-state index is 11.5. The number of carbonyl (C=O) groups is 1. The van der Waals surface area contributed by atoms with Gasteiger partial charge in [0.1, 0.15) is 0 Å². The van der Waals surface area contributed by atoms with Gasteiger partial charge in [-0.1, -0.05) is 11.8 Å². The van der Waals surface area contributed by atoms with E-state index in [2.05, 4.69) is 17.2 Å². The van der Waals surface area contributed by atoms with E-state index in [0.29, 0.717) is 13.1 Å². The summed E-state index contributed by atoms with van der Waals surface area (Å²) in [5.74, 6) is 5.66. The number of benzene rings is 1. The van der Waals surface area contributed by atoms with Crippen LogP contribution < -0.4 is 11.1 Å². The Kier molecular flexibility index (Phi) is 5.21. The Balaban J connectivity index is 2.59. The normalized spacial score (nSPS) is 9.65. The van der Waals surface area contributed by atoms with Crippen molar-refractivity contribution in [2.75, 3.05) is 32.5 Å². The van der Waals surface area contributed by atoms with Crippen molar-refractivity contribution in [1.82, 2.24) is 4.90 Å². The molecule has 0 aliphatic carbocycles. The van der Waals surface area contributed by atoms with Gasteiger partial charge in [0.25, 0.3) is 0 Å². The summed E-state index contributed by atoms with van der Waals surface area (Å²) >= 11 is 0. The molecule has 1 rings (SSSR count). The molecule has 4 nitrogen and oxygen atoms in total. The summed E-state index contributed by atoms with van der Waals surface area (Å²) in [6, 6.07) is 7.37. The van der Waals surface area contributed by atoms with Crippen molar-refractivity contribution in [2.24, 2.45) is 5.73 Å². The molecule has 0 saturated carbocycles. The Bertz CT molecular complexity index is 426. The van der Waals surface area contributed by atoms with Crippen LogP contribution >= 0.6 is 0 Å². The van der Waals surface area contributed by atoms with Crippen LogP contribution in [0.1, 0.15) is 5.56 Å². The highest BCUT2D eigenvalue weighted by atomic mass is 16.2. The van der Waals surface area contributed by atoms with Crippen molar-refractivity contribution in [3.05, 3.63) is 29.8 Å². The molecule has 1 aromatic rings. The summed E-state index contributed by atoms with van der Waals surface area (Å²) in [6.45, 7) is 0.718. The van der Waals surface area contributed by atoms with Crippen LogP contribution in [0, 0.1) is 11.8 Å². The summed E-state index contributed by atoms with van der Waals surface area (Å²) in [5.41, 5.74) is 6.95. The molecule has 0 aliphatic rings. The standard InChI is InChI=1S/C13H17N3O/c1-16(2)10-13(17)15-12-7-5-11(6-8-12)4-3-9-14/h5-8H,9-10,14H2,1-2H3,(H,15,17). The predicted molar refractivity (Wildman–Crippen MR) is 69.6 cm³/mol. The molecule has 0 heterocycles. The third-order valence-electron chi connectivity index (χ3n) is 1.96. The van der Waals surface area contributed by atoms with Crippen molar-refractivity contribution in [3.8, 4) is 11.8 Å². The van der Waals surface area contributed by atoms with E-state index in [1.54, 1.807) is 0 Å². The number of anilines is 1. The first-order valence-electron chi connectivity index (χ1n) is 5.35. The lowest BCUT2D eigenvalue weighted by Gasteiger charge is -2.09. The highest BCUT2D eigenvalue weighted by Crippen LogP contribution is 2.08. The zero-order valence-corrected chi connectivity index (χ0v) is 10.2. The summed E-state index contributed by atoms with van der Waals surface area (Å²) in [7, 11) is 3.70. The summed E-state index contributed by atoms with van der Waals surface area (Å²) in [4.78, 5) is 13.3. The first-order chi connectivity index (χ1) is 8.11. The zero-order chi connectivity index (χ0) is 12.7. The third kappa shape index (κ3) is 5.16. The number of hydrogen-bond donors (Lipinski definition) is 2. The number of carbonyl (C=O) groups excluding carboxylic acids is 1. The average Bonchev–Trinajstić information content (AvgIpc) is 2.27. The predicted octanol–water partition coefficient (Wildman–Crippen LogP) is 0.497. The molecule has 3 N–H and O–H groups in total. The Morgan fingerprint density at radius 3 is 2.53 bits per heavy atom. The van der Waals surface area contributed by atoms with Crippen LogP contribution in [0.25, 0.3) is 0 Å². The number of amides is 1. The van der Waals surface area contributed by atoms with E-state index < -0.39 is 0 Å². The lowest BCUT2D eigenvalue weighted by Crippen LogP contribution is -2.27. The molecule has 1 aromatic carbocycles. The molecule has 90 valence electrons. The fourth-order valence-electron chi connectivity index (χ4n) is 1.28. The molecule has 0 spiro atoms. The first kappa shape index (κ1) is 13.2. The van der Waals surface area contributed by atoms with Crippen LogP contribution in [0.15, 0.2) is 24.3 Å². The SMILES string of the molecule is CN(C)CC(=O)Nc1ccc(C#CCN)cc1. The van der Waals surface area contributed by atoms with Crippen molar-refractivity contribution >= 4 is 11.6 Å². The van der Waals surface area contributed by atoms with Crippen molar-refractivity contribution in [2.45, 2.75) is 0 Å². The van der Waals surface area contributed by atoms with E-state index in [0.717, 1.165) is 11.3 Å². The minimum atomic E-state index is -0.0317. The van der Waals surface area contributed by atoms with E-state index in [1.807, 2.05) is 43.3 Å². The highest BCUT2D eigenvalue weighted by Gasteiger charge is 2.02. The third-order valence-corrected chi connectivity index (χ3v) is 1.96. The molecule has 0 aromatic heterocycles. The van der Waals surface area contributed by atoms with Gasteiger partial charge in [0.15, 0.2) is 0 Å².